The van der Waals surface area contributed by atoms with Crippen LogP contribution < -0.4 is 16.1 Å². The highest BCUT2D eigenvalue weighted by Crippen LogP contribution is 2.40. The Morgan fingerprint density at radius 3 is 2.65 bits per heavy atom. The minimum atomic E-state index is -1.82. The van der Waals surface area contributed by atoms with Gasteiger partial charge >= 0.3 is 0 Å². The van der Waals surface area contributed by atoms with Crippen molar-refractivity contribution in [3.8, 4) is 0 Å². The highest BCUT2D eigenvalue weighted by molar-refractivity contribution is 6.68. The maximum Gasteiger partial charge on any atom is 0.252 e. The van der Waals surface area contributed by atoms with Crippen LogP contribution in [0.3, 0.4) is 0 Å². The third kappa shape index (κ3) is 4.75. The zero-order chi connectivity index (χ0) is 22.3. The van der Waals surface area contributed by atoms with Gasteiger partial charge in [0.1, 0.15) is 6.17 Å². The Bertz CT molecular complexity index is 1040. The molecule has 0 radical (unpaired) electrons. The van der Waals surface area contributed by atoms with Crippen molar-refractivity contribution >= 4 is 46.4 Å². The molecule has 11 heteroatoms. The van der Waals surface area contributed by atoms with Crippen LogP contribution >= 0.6 is 34.8 Å². The average molecular weight is 488 g/mol. The summed E-state index contributed by atoms with van der Waals surface area (Å²) in [6, 6.07) is 10.9. The lowest BCUT2D eigenvalue weighted by atomic mass is 9.83. The number of benzene rings is 1. The van der Waals surface area contributed by atoms with E-state index in [9.17, 15) is 20.0 Å². The number of carbonyl (C=O) groups is 1. The van der Waals surface area contributed by atoms with Gasteiger partial charge in [0.25, 0.3) is 11.5 Å². The molecule has 0 saturated carbocycles. The van der Waals surface area contributed by atoms with Crippen LogP contribution in [0.25, 0.3) is 0 Å². The molecule has 31 heavy (non-hydrogen) atoms. The van der Waals surface area contributed by atoms with Crippen molar-refractivity contribution in [1.29, 1.82) is 0 Å². The van der Waals surface area contributed by atoms with Crippen molar-refractivity contribution in [1.82, 2.24) is 14.8 Å². The number of amides is 1. The predicted molar refractivity (Wildman–Crippen MR) is 117 cm³/mol. The van der Waals surface area contributed by atoms with E-state index >= 15 is 0 Å². The Balaban J connectivity index is 1.58. The van der Waals surface area contributed by atoms with Crippen molar-refractivity contribution in [2.45, 2.75) is 28.8 Å². The largest absolute Gasteiger partial charge is 0.595 e. The lowest BCUT2D eigenvalue weighted by Gasteiger charge is -2.47. The van der Waals surface area contributed by atoms with E-state index in [1.54, 1.807) is 16.7 Å². The molecule has 1 fully saturated rings. The first-order valence-electron chi connectivity index (χ1n) is 9.78. The molecular formula is C20H21Cl3N4O4. The van der Waals surface area contributed by atoms with Gasteiger partial charge in [-0.15, -0.1) is 0 Å². The van der Waals surface area contributed by atoms with Crippen LogP contribution in [0.5, 0.6) is 0 Å². The molecule has 0 aliphatic carbocycles. The van der Waals surface area contributed by atoms with Gasteiger partial charge in [0, 0.05) is 55.0 Å². The molecule has 1 amide bonds. The molecule has 3 heterocycles. The van der Waals surface area contributed by atoms with Gasteiger partial charge in [-0.1, -0.05) is 46.9 Å². The lowest BCUT2D eigenvalue weighted by Crippen LogP contribution is -2.99. The van der Waals surface area contributed by atoms with Crippen molar-refractivity contribution < 1.29 is 15.2 Å². The highest BCUT2D eigenvalue weighted by atomic mass is 35.6. The fraction of sp³-hybridized carbons (Fsp3) is 0.400. The lowest BCUT2D eigenvalue weighted by molar-refractivity contribution is -0.991. The van der Waals surface area contributed by atoms with Crippen LogP contribution in [0.1, 0.15) is 28.4 Å². The Labute approximate surface area is 193 Å². The van der Waals surface area contributed by atoms with Crippen molar-refractivity contribution in [3.63, 3.8) is 0 Å². The second-order valence-electron chi connectivity index (χ2n) is 7.96. The fourth-order valence-electron chi connectivity index (χ4n) is 4.53. The number of carbonyl (C=O) groups excluding carboxylic acids is 1. The quantitative estimate of drug-likeness (QED) is 0.451. The number of quaternary nitrogens is 1. The average Bonchev–Trinajstić information content (AvgIpc) is 2.71. The number of likely N-dealkylation sites (tertiary alicyclic amines) is 1. The number of hydrogen-bond acceptors (Lipinski definition) is 5. The first-order valence-corrected chi connectivity index (χ1v) is 10.9. The second-order valence-corrected chi connectivity index (χ2v) is 10.3. The smallest absolute Gasteiger partial charge is 0.252 e. The summed E-state index contributed by atoms with van der Waals surface area (Å²) in [6.07, 6.45) is -0.00742. The summed E-state index contributed by atoms with van der Waals surface area (Å²) in [4.78, 5) is 27.0. The van der Waals surface area contributed by atoms with Crippen molar-refractivity contribution in [2.75, 3.05) is 13.1 Å². The molecule has 2 aliphatic heterocycles. The monoisotopic (exact) mass is 486 g/mol. The van der Waals surface area contributed by atoms with Gasteiger partial charge < -0.3 is 15.1 Å². The summed E-state index contributed by atoms with van der Waals surface area (Å²) in [5.74, 6) is -0.288. The number of fused-ring (bicyclic) bond motifs is 4. The highest BCUT2D eigenvalue weighted by Gasteiger charge is 2.44. The molecule has 1 saturated heterocycles. The van der Waals surface area contributed by atoms with Crippen LogP contribution in [-0.4, -0.2) is 43.6 Å². The normalized spacial score (nSPS) is 23.0. The number of nitrogens with zero attached hydrogens (tertiary/aromatic N) is 2. The van der Waals surface area contributed by atoms with Gasteiger partial charge in [0.15, 0.2) is 5.69 Å². The number of aromatic nitrogens is 1. The number of halogens is 3. The molecule has 2 aromatic rings. The molecule has 2 bridgehead atoms. The van der Waals surface area contributed by atoms with E-state index in [0.717, 1.165) is 12.1 Å². The second kappa shape index (κ2) is 8.71. The molecule has 166 valence electrons. The predicted octanol–water partition coefficient (Wildman–Crippen LogP) is 1.80. The van der Waals surface area contributed by atoms with Crippen LogP contribution in [0.15, 0.2) is 47.3 Å². The first-order chi connectivity index (χ1) is 14.6. The van der Waals surface area contributed by atoms with Gasteiger partial charge in [-0.05, 0) is 24.5 Å². The minimum Gasteiger partial charge on any atom is -0.595 e. The Hall–Kier alpha value is -1.65. The van der Waals surface area contributed by atoms with Crippen LogP contribution in [0.2, 0.25) is 0 Å². The van der Waals surface area contributed by atoms with E-state index in [2.05, 4.69) is 5.32 Å². The fourth-order valence-corrected chi connectivity index (χ4v) is 5.10. The molecule has 1 aromatic carbocycles. The number of piperidine rings is 1. The molecule has 2 unspecified atom stereocenters. The van der Waals surface area contributed by atoms with Gasteiger partial charge in [-0.25, -0.2) is 5.21 Å². The van der Waals surface area contributed by atoms with Crippen molar-refractivity contribution in [3.05, 3.63) is 69.3 Å². The summed E-state index contributed by atoms with van der Waals surface area (Å²) >= 11 is 18.8. The molecule has 2 aliphatic rings. The summed E-state index contributed by atoms with van der Waals surface area (Å²) in [7, 11) is 0. The summed E-state index contributed by atoms with van der Waals surface area (Å²) in [5.41, 5.74) is 1.07. The Kier molecular flexibility index (Phi) is 6.33. The topological polar surface area (TPSA) is 102 Å². The van der Waals surface area contributed by atoms with E-state index in [4.69, 9.17) is 34.8 Å². The van der Waals surface area contributed by atoms with E-state index in [-0.39, 0.29) is 28.6 Å². The van der Waals surface area contributed by atoms with Gasteiger partial charge in [-0.2, -0.15) is 5.23 Å². The third-order valence-electron chi connectivity index (χ3n) is 5.82. The Morgan fingerprint density at radius 1 is 1.19 bits per heavy atom. The molecule has 8 nitrogen and oxygen atoms in total. The number of pyridine rings is 1. The zero-order valence-corrected chi connectivity index (χ0v) is 18.6. The van der Waals surface area contributed by atoms with Gasteiger partial charge in [0.05, 0.1) is 0 Å². The molecule has 3 N–H and O–H groups in total. The maximum absolute atomic E-state index is 12.9. The number of hydrogen-bond donors (Lipinski definition) is 3. The van der Waals surface area contributed by atoms with E-state index in [1.807, 2.05) is 11.0 Å². The minimum absolute atomic E-state index is 0.00682. The molecular weight excluding hydrogens is 467 g/mol. The van der Waals surface area contributed by atoms with Gasteiger partial charge in [0.2, 0.25) is 3.79 Å². The van der Waals surface area contributed by atoms with Crippen LogP contribution in [0.4, 0.5) is 5.69 Å². The zero-order valence-electron chi connectivity index (χ0n) is 16.3. The molecule has 4 atom stereocenters. The maximum atomic E-state index is 12.9. The van der Waals surface area contributed by atoms with Crippen LogP contribution in [-0.2, 0) is 6.54 Å². The molecule has 0 spiro atoms. The third-order valence-corrected chi connectivity index (χ3v) is 6.44. The van der Waals surface area contributed by atoms with Gasteiger partial charge in [-0.3, -0.25) is 14.5 Å². The number of rotatable bonds is 4. The summed E-state index contributed by atoms with van der Waals surface area (Å²) in [5, 5.41) is 22.0. The van der Waals surface area contributed by atoms with E-state index in [0.29, 0.717) is 19.6 Å². The summed E-state index contributed by atoms with van der Waals surface area (Å²) < 4.78 is -0.0153. The number of nitrogens with one attached hydrogen (secondary N) is 2. The standard InChI is InChI=1S/C20H21Cl3N4O4/c21-20(22,23)19(24-18(29)13-3-1-4-15(8-13)27(30)31)25-9-12-7-14(11-25)16-5-2-6-17(28)26(16)10-12/h1-6,8,12,14,19,27,30H,7,9-11H2,(H,24,29)/t12-,14+,19?/m0/s1. The first kappa shape index (κ1) is 22.5. The van der Waals surface area contributed by atoms with E-state index in [1.165, 1.54) is 24.3 Å². The number of alkyl halides is 3. The summed E-state index contributed by atoms with van der Waals surface area (Å²) in [6.45, 7) is 1.63. The SMILES string of the molecule is O=C(NC(N1C[C@@H]2C[C@H](C1)c1cccc(=O)n1C2)C(Cl)(Cl)Cl)c1cccc([NH+]([O-])O)c1. The molecule has 4 rings (SSSR count). The Morgan fingerprint density at radius 2 is 1.94 bits per heavy atom. The molecule has 1 aromatic heterocycles. The van der Waals surface area contributed by atoms with E-state index < -0.39 is 21.1 Å². The van der Waals surface area contributed by atoms with Crippen LogP contribution in [0, 0.1) is 11.1 Å². The van der Waals surface area contributed by atoms with Crippen molar-refractivity contribution in [2.24, 2.45) is 5.92 Å².